The Labute approximate surface area is 122 Å². The van der Waals surface area contributed by atoms with Crippen molar-refractivity contribution in [1.82, 2.24) is 4.98 Å². The normalized spacial score (nSPS) is 10.4. The first kappa shape index (κ1) is 13.6. The molecule has 1 aromatic carbocycles. The summed E-state index contributed by atoms with van der Waals surface area (Å²) in [7, 11) is 0. The fourth-order valence-electron chi connectivity index (χ4n) is 1.25. The second-order valence-corrected chi connectivity index (χ2v) is 4.97. The van der Waals surface area contributed by atoms with Crippen molar-refractivity contribution < 1.29 is 9.13 Å². The maximum atomic E-state index is 13.3. The maximum absolute atomic E-state index is 13.3. The van der Waals surface area contributed by atoms with E-state index in [2.05, 4.69) is 20.9 Å². The molecule has 0 aliphatic rings. The molecule has 1 heterocycles. The Morgan fingerprint density at radius 2 is 2.11 bits per heavy atom. The van der Waals surface area contributed by atoms with Gasteiger partial charge in [-0.15, -0.1) is 11.6 Å². The quantitative estimate of drug-likeness (QED) is 0.563. The molecule has 0 saturated heterocycles. The van der Waals surface area contributed by atoms with E-state index in [9.17, 15) is 4.39 Å². The molecule has 2 aromatic rings. The first-order valence-corrected chi connectivity index (χ1v) is 6.64. The summed E-state index contributed by atoms with van der Waals surface area (Å²) in [5, 5.41) is 0.0275. The Bertz CT molecular complexity index is 563. The van der Waals surface area contributed by atoms with Crippen molar-refractivity contribution in [2.75, 3.05) is 0 Å². The predicted molar refractivity (Wildman–Crippen MR) is 73.0 cm³/mol. The van der Waals surface area contributed by atoms with Crippen LogP contribution < -0.4 is 4.74 Å². The molecule has 0 radical (unpaired) electrons. The average Bonchev–Trinajstić information content (AvgIpc) is 2.37. The summed E-state index contributed by atoms with van der Waals surface area (Å²) in [5.41, 5.74) is 0.880. The van der Waals surface area contributed by atoms with Gasteiger partial charge in [0, 0.05) is 24.2 Å². The number of hydrogen-bond acceptors (Lipinski definition) is 2. The zero-order valence-electron chi connectivity index (χ0n) is 8.96. The van der Waals surface area contributed by atoms with Crippen molar-refractivity contribution in [3.8, 4) is 11.6 Å². The third-order valence-corrected chi connectivity index (χ3v) is 3.36. The summed E-state index contributed by atoms with van der Waals surface area (Å²) >= 11 is 14.5. The molecule has 0 N–H and O–H groups in total. The van der Waals surface area contributed by atoms with Gasteiger partial charge in [-0.25, -0.2) is 9.37 Å². The van der Waals surface area contributed by atoms with Gasteiger partial charge in [-0.05, 0) is 27.6 Å². The van der Waals surface area contributed by atoms with Gasteiger partial charge in [0.05, 0.1) is 9.50 Å². The first-order chi connectivity index (χ1) is 8.60. The second-order valence-electron chi connectivity index (χ2n) is 3.44. The summed E-state index contributed by atoms with van der Waals surface area (Å²) in [6.45, 7) is 0. The van der Waals surface area contributed by atoms with Crippen LogP contribution in [0.4, 0.5) is 4.39 Å². The number of benzene rings is 1. The summed E-state index contributed by atoms with van der Waals surface area (Å²) in [6.07, 6.45) is 1.60. The van der Waals surface area contributed by atoms with E-state index in [-0.39, 0.29) is 5.02 Å². The topological polar surface area (TPSA) is 22.1 Å². The molecule has 18 heavy (non-hydrogen) atoms. The number of aromatic nitrogens is 1. The van der Waals surface area contributed by atoms with Crippen LogP contribution in [-0.4, -0.2) is 4.98 Å². The Balaban J connectivity index is 2.25. The number of ether oxygens (including phenoxy) is 1. The molecule has 0 unspecified atom stereocenters. The highest BCUT2D eigenvalue weighted by atomic mass is 79.9. The van der Waals surface area contributed by atoms with Crippen LogP contribution in [0.3, 0.4) is 0 Å². The molecule has 0 amide bonds. The zero-order valence-corrected chi connectivity index (χ0v) is 12.1. The lowest BCUT2D eigenvalue weighted by atomic mass is 10.3. The minimum atomic E-state index is -0.549. The SMILES string of the molecule is Fc1cc(Oc2ccc(CCl)cn2)c(Br)cc1Cl. The summed E-state index contributed by atoms with van der Waals surface area (Å²) in [4.78, 5) is 4.06. The smallest absolute Gasteiger partial charge is 0.219 e. The van der Waals surface area contributed by atoms with Crippen molar-refractivity contribution in [3.63, 3.8) is 0 Å². The third kappa shape index (κ3) is 3.13. The van der Waals surface area contributed by atoms with Crippen LogP contribution in [0.25, 0.3) is 0 Å². The average molecular weight is 351 g/mol. The number of halogens is 4. The minimum Gasteiger partial charge on any atom is -0.438 e. The highest BCUT2D eigenvalue weighted by molar-refractivity contribution is 9.10. The molecular weight excluding hydrogens is 344 g/mol. The van der Waals surface area contributed by atoms with Crippen LogP contribution in [0.5, 0.6) is 11.6 Å². The molecule has 0 saturated carbocycles. The molecule has 2 nitrogen and oxygen atoms in total. The van der Waals surface area contributed by atoms with E-state index in [0.717, 1.165) is 5.56 Å². The van der Waals surface area contributed by atoms with Crippen LogP contribution in [0.2, 0.25) is 5.02 Å². The van der Waals surface area contributed by atoms with Gasteiger partial charge in [0.2, 0.25) is 5.88 Å². The minimum absolute atomic E-state index is 0.0275. The van der Waals surface area contributed by atoms with Gasteiger partial charge in [-0.1, -0.05) is 17.7 Å². The molecule has 0 bridgehead atoms. The van der Waals surface area contributed by atoms with E-state index < -0.39 is 5.82 Å². The Morgan fingerprint density at radius 3 is 2.72 bits per heavy atom. The van der Waals surface area contributed by atoms with Gasteiger partial charge in [0.15, 0.2) is 0 Å². The van der Waals surface area contributed by atoms with E-state index in [4.69, 9.17) is 27.9 Å². The molecule has 1 aromatic heterocycles. The van der Waals surface area contributed by atoms with Crippen molar-refractivity contribution in [2.24, 2.45) is 0 Å². The van der Waals surface area contributed by atoms with Crippen LogP contribution >= 0.6 is 39.1 Å². The van der Waals surface area contributed by atoms with Gasteiger partial charge in [0.1, 0.15) is 11.6 Å². The number of alkyl halides is 1. The lowest BCUT2D eigenvalue weighted by Gasteiger charge is -2.08. The predicted octanol–water partition coefficient (Wildman–Crippen LogP) is 5.17. The zero-order chi connectivity index (χ0) is 13.1. The standard InChI is InChI=1S/C12H7BrCl2FNO/c13-8-3-9(15)10(16)4-11(8)18-12-2-1-7(5-14)6-17-12/h1-4,6H,5H2. The first-order valence-electron chi connectivity index (χ1n) is 4.93. The maximum Gasteiger partial charge on any atom is 0.219 e. The molecular formula is C12H7BrCl2FNO. The fraction of sp³-hybridized carbons (Fsp3) is 0.0833. The molecule has 0 aliphatic carbocycles. The van der Waals surface area contributed by atoms with Gasteiger partial charge in [0.25, 0.3) is 0 Å². The monoisotopic (exact) mass is 349 g/mol. The van der Waals surface area contributed by atoms with Gasteiger partial charge in [-0.3, -0.25) is 0 Å². The van der Waals surface area contributed by atoms with Gasteiger partial charge in [-0.2, -0.15) is 0 Å². The van der Waals surface area contributed by atoms with E-state index >= 15 is 0 Å². The molecule has 94 valence electrons. The number of hydrogen-bond donors (Lipinski definition) is 0. The van der Waals surface area contributed by atoms with E-state index in [0.29, 0.717) is 22.0 Å². The highest BCUT2D eigenvalue weighted by Gasteiger charge is 2.09. The second kappa shape index (κ2) is 5.87. The van der Waals surface area contributed by atoms with Crippen LogP contribution in [0.1, 0.15) is 5.56 Å². The van der Waals surface area contributed by atoms with Crippen molar-refractivity contribution in [2.45, 2.75) is 5.88 Å². The summed E-state index contributed by atoms with van der Waals surface area (Å²) in [6, 6.07) is 6.08. The molecule has 2 rings (SSSR count). The third-order valence-electron chi connectivity index (χ3n) is 2.14. The largest absolute Gasteiger partial charge is 0.438 e. The molecule has 0 fully saturated rings. The molecule has 0 spiro atoms. The van der Waals surface area contributed by atoms with E-state index in [1.54, 1.807) is 18.3 Å². The highest BCUT2D eigenvalue weighted by Crippen LogP contribution is 2.33. The van der Waals surface area contributed by atoms with Crippen LogP contribution in [0.15, 0.2) is 34.9 Å². The Hall–Kier alpha value is -0.840. The van der Waals surface area contributed by atoms with Gasteiger partial charge < -0.3 is 4.74 Å². The molecule has 0 aliphatic heterocycles. The van der Waals surface area contributed by atoms with Crippen molar-refractivity contribution >= 4 is 39.1 Å². The molecule has 6 heteroatoms. The Morgan fingerprint density at radius 1 is 1.33 bits per heavy atom. The van der Waals surface area contributed by atoms with Crippen LogP contribution in [-0.2, 0) is 5.88 Å². The van der Waals surface area contributed by atoms with Crippen molar-refractivity contribution in [1.29, 1.82) is 0 Å². The number of pyridine rings is 1. The van der Waals surface area contributed by atoms with Crippen molar-refractivity contribution in [3.05, 3.63) is 51.3 Å². The fourth-order valence-corrected chi connectivity index (χ4v) is 2.12. The van der Waals surface area contributed by atoms with E-state index in [1.807, 2.05) is 0 Å². The number of nitrogens with zero attached hydrogens (tertiary/aromatic N) is 1. The van der Waals surface area contributed by atoms with Gasteiger partial charge >= 0.3 is 0 Å². The number of rotatable bonds is 3. The summed E-state index contributed by atoms with van der Waals surface area (Å²) < 4.78 is 19.3. The summed E-state index contributed by atoms with van der Waals surface area (Å²) in [5.74, 6) is 0.494. The van der Waals surface area contributed by atoms with Crippen LogP contribution in [0, 0.1) is 5.82 Å². The Kier molecular flexibility index (Phi) is 4.43. The lowest BCUT2D eigenvalue weighted by Crippen LogP contribution is -1.91. The van der Waals surface area contributed by atoms with E-state index in [1.165, 1.54) is 12.1 Å². The lowest BCUT2D eigenvalue weighted by molar-refractivity contribution is 0.455. The molecule has 0 atom stereocenters.